The molecule has 4 amide bonds. The fourth-order valence-electron chi connectivity index (χ4n) is 1.40. The molecule has 34 heavy (non-hydrogen) atoms. The smallest absolute Gasteiger partial charge is 0.325 e. The molecule has 4 N–H and O–H groups in total. The molecule has 0 aromatic heterocycles. The molecule has 0 aromatic rings. The average Bonchev–Trinajstić information content (AvgIpc) is 2.76. The third kappa shape index (κ3) is 40.1. The van der Waals surface area contributed by atoms with Gasteiger partial charge >= 0.3 is 5.97 Å². The van der Waals surface area contributed by atoms with Gasteiger partial charge in [0.15, 0.2) is 6.61 Å². The van der Waals surface area contributed by atoms with Crippen molar-refractivity contribution in [3.8, 4) is 0 Å². The van der Waals surface area contributed by atoms with Crippen molar-refractivity contribution in [2.75, 3.05) is 56.8 Å². The molecule has 0 unspecified atom stereocenters. The summed E-state index contributed by atoms with van der Waals surface area (Å²) in [5.74, 6) is 0.475. The van der Waals surface area contributed by atoms with Gasteiger partial charge in [-0.15, -0.1) is 0 Å². The minimum absolute atomic E-state index is 0. The average molecular weight is 527 g/mol. The number of nitrogens with one attached hydrogen (secondary N) is 4. The van der Waals surface area contributed by atoms with E-state index in [0.717, 1.165) is 18.1 Å². The van der Waals surface area contributed by atoms with Crippen molar-refractivity contribution in [1.29, 1.82) is 0 Å². The number of carbonyl (C=O) groups is 6. The fraction of sp³-hybridized carbons (Fsp3) is 0.714. The number of esters is 1. The van der Waals surface area contributed by atoms with E-state index >= 15 is 0 Å². The quantitative estimate of drug-likeness (QED) is 0.196. The molecule has 0 saturated heterocycles. The van der Waals surface area contributed by atoms with Gasteiger partial charge in [0, 0.05) is 44.9 Å². The Morgan fingerprint density at radius 1 is 0.706 bits per heavy atom. The molecule has 0 saturated carbocycles. The van der Waals surface area contributed by atoms with Crippen LogP contribution in [-0.4, -0.2) is 92.2 Å². The van der Waals surface area contributed by atoms with E-state index in [2.05, 4.69) is 26.0 Å². The van der Waals surface area contributed by atoms with E-state index in [-0.39, 0.29) is 56.5 Å². The minimum atomic E-state index is -0.629. The third-order valence-corrected chi connectivity index (χ3v) is 4.23. The summed E-state index contributed by atoms with van der Waals surface area (Å²) in [6.07, 6.45) is 4.55. The van der Waals surface area contributed by atoms with Crippen LogP contribution in [0, 0.1) is 0 Å². The van der Waals surface area contributed by atoms with Crippen molar-refractivity contribution in [2.45, 2.75) is 41.5 Å². The number of carbonyl (C=O) groups excluding carboxylic acids is 6. The standard InChI is InChI=1S/C9H16N2O4S.C6H13NOS.C5H9NO2.CH4/c1-7(12)11-5-9(14)15-6-8(13)10-3-4-16-2;1-3-6(8)7-4-5-9-2;1-4(7)3-6-5(2)8;/h3-6H2,1-2H3,(H,10,13)(H,11,12);3-5H2,1-2H3,(H,7,8);3H2,1-2H3,(H,6,8);1H4. The summed E-state index contributed by atoms with van der Waals surface area (Å²) < 4.78 is 4.61. The van der Waals surface area contributed by atoms with Crippen LogP contribution in [0.25, 0.3) is 0 Å². The Labute approximate surface area is 212 Å². The van der Waals surface area contributed by atoms with E-state index in [1.165, 1.54) is 20.8 Å². The number of ether oxygens (including phenoxy) is 1. The van der Waals surface area contributed by atoms with E-state index in [1.807, 2.05) is 19.4 Å². The fourth-order valence-corrected chi connectivity index (χ4v) is 2.02. The zero-order chi connectivity index (χ0) is 26.1. The minimum Gasteiger partial charge on any atom is -0.454 e. The lowest BCUT2D eigenvalue weighted by molar-refractivity contribution is -0.148. The summed E-state index contributed by atoms with van der Waals surface area (Å²) in [5, 5.41) is 9.98. The van der Waals surface area contributed by atoms with Gasteiger partial charge < -0.3 is 26.0 Å². The second-order valence-electron chi connectivity index (χ2n) is 6.22. The first-order valence-corrected chi connectivity index (χ1v) is 12.9. The van der Waals surface area contributed by atoms with Crippen LogP contribution >= 0.6 is 23.5 Å². The predicted octanol–water partition coefficient (Wildman–Crippen LogP) is 0.368. The first kappa shape index (κ1) is 39.0. The lowest BCUT2D eigenvalue weighted by Crippen LogP contribution is -2.33. The summed E-state index contributed by atoms with van der Waals surface area (Å²) in [6.45, 7) is 6.92. The highest BCUT2D eigenvalue weighted by molar-refractivity contribution is 7.98. The van der Waals surface area contributed by atoms with Gasteiger partial charge in [-0.1, -0.05) is 14.4 Å². The van der Waals surface area contributed by atoms with Crippen molar-refractivity contribution in [3.05, 3.63) is 0 Å². The first-order chi connectivity index (χ1) is 15.5. The molecule has 0 rings (SSSR count). The Balaban J connectivity index is -0.000000213. The molecule has 0 spiro atoms. The van der Waals surface area contributed by atoms with E-state index in [1.54, 1.807) is 23.5 Å². The van der Waals surface area contributed by atoms with Crippen LogP contribution in [0.15, 0.2) is 0 Å². The summed E-state index contributed by atoms with van der Waals surface area (Å²) in [6, 6.07) is 0. The van der Waals surface area contributed by atoms with Crippen LogP contribution in [0.3, 0.4) is 0 Å². The highest BCUT2D eigenvalue weighted by Crippen LogP contribution is 1.88. The molecule has 0 aliphatic carbocycles. The van der Waals surface area contributed by atoms with Crippen LogP contribution in [0.2, 0.25) is 0 Å². The van der Waals surface area contributed by atoms with Gasteiger partial charge in [-0.3, -0.25) is 28.8 Å². The van der Waals surface area contributed by atoms with Gasteiger partial charge in [0.05, 0.1) is 6.54 Å². The number of thioether (sulfide) groups is 2. The van der Waals surface area contributed by atoms with Crippen LogP contribution < -0.4 is 21.3 Å². The van der Waals surface area contributed by atoms with E-state index in [0.29, 0.717) is 13.0 Å². The monoisotopic (exact) mass is 526 g/mol. The van der Waals surface area contributed by atoms with Crippen molar-refractivity contribution in [3.63, 3.8) is 0 Å². The number of Topliss-reactive ketones (excluding diaryl/α,β-unsaturated/α-hetero) is 1. The van der Waals surface area contributed by atoms with Crippen LogP contribution in [0.1, 0.15) is 41.5 Å². The van der Waals surface area contributed by atoms with Gasteiger partial charge in [-0.2, -0.15) is 23.5 Å². The first-order valence-electron chi connectivity index (χ1n) is 10.1. The van der Waals surface area contributed by atoms with Crippen molar-refractivity contribution >= 4 is 58.9 Å². The molecule has 13 heteroatoms. The highest BCUT2D eigenvalue weighted by Gasteiger charge is 2.07. The Bertz CT molecular complexity index is 592. The molecule has 0 aliphatic rings. The van der Waals surface area contributed by atoms with E-state index < -0.39 is 5.97 Å². The number of hydrogen-bond acceptors (Lipinski definition) is 9. The lowest BCUT2D eigenvalue weighted by atomic mass is 10.4. The topological polar surface area (TPSA) is 160 Å². The third-order valence-electron chi connectivity index (χ3n) is 3.01. The summed E-state index contributed by atoms with van der Waals surface area (Å²) in [7, 11) is 0. The Morgan fingerprint density at radius 2 is 1.15 bits per heavy atom. The predicted molar refractivity (Wildman–Crippen MR) is 139 cm³/mol. The normalized spacial score (nSPS) is 8.76. The number of ketones is 1. The summed E-state index contributed by atoms with van der Waals surface area (Å²) >= 11 is 3.35. The molecule has 0 atom stereocenters. The number of hydrogen-bond donors (Lipinski definition) is 4. The van der Waals surface area contributed by atoms with Crippen molar-refractivity contribution < 1.29 is 33.5 Å². The summed E-state index contributed by atoms with van der Waals surface area (Å²) in [5.41, 5.74) is 0. The van der Waals surface area contributed by atoms with Crippen LogP contribution in [0.4, 0.5) is 0 Å². The number of amides is 4. The Morgan fingerprint density at radius 3 is 1.50 bits per heavy atom. The Hall–Kier alpha value is -2.28. The summed E-state index contributed by atoms with van der Waals surface area (Å²) in [4.78, 5) is 63.3. The van der Waals surface area contributed by atoms with Crippen molar-refractivity contribution in [1.82, 2.24) is 21.3 Å². The molecule has 0 heterocycles. The molecule has 11 nitrogen and oxygen atoms in total. The maximum absolute atomic E-state index is 11.1. The number of rotatable bonds is 13. The molecule has 0 radical (unpaired) electrons. The zero-order valence-corrected chi connectivity index (χ0v) is 22.0. The van der Waals surface area contributed by atoms with Gasteiger partial charge in [0.25, 0.3) is 5.91 Å². The maximum Gasteiger partial charge on any atom is 0.325 e. The molecule has 0 aromatic carbocycles. The molecule has 0 bridgehead atoms. The van der Waals surface area contributed by atoms with Crippen molar-refractivity contribution in [2.24, 2.45) is 0 Å². The van der Waals surface area contributed by atoms with Gasteiger partial charge in [-0.25, -0.2) is 0 Å². The largest absolute Gasteiger partial charge is 0.454 e. The Kier molecular flexibility index (Phi) is 32.9. The highest BCUT2D eigenvalue weighted by atomic mass is 32.2. The van der Waals surface area contributed by atoms with E-state index in [4.69, 9.17) is 0 Å². The molecule has 0 aliphatic heterocycles. The molecule has 0 fully saturated rings. The SMILES string of the molecule is C.CC(=O)CNC(C)=O.CCC(=O)NCCSC.CSCCNC(=O)COC(=O)CNC(C)=O. The van der Waals surface area contributed by atoms with Gasteiger partial charge in [0.1, 0.15) is 12.3 Å². The van der Waals surface area contributed by atoms with Gasteiger partial charge in [0.2, 0.25) is 17.7 Å². The van der Waals surface area contributed by atoms with Gasteiger partial charge in [-0.05, 0) is 19.4 Å². The van der Waals surface area contributed by atoms with E-state index in [9.17, 15) is 28.8 Å². The molecule has 200 valence electrons. The second kappa shape index (κ2) is 28.8. The molecular formula is C21H42N4O7S2. The van der Waals surface area contributed by atoms with Crippen LogP contribution in [-0.2, 0) is 33.5 Å². The maximum atomic E-state index is 11.1. The molecular weight excluding hydrogens is 484 g/mol. The van der Waals surface area contributed by atoms with Crippen LogP contribution in [0.5, 0.6) is 0 Å². The second-order valence-corrected chi connectivity index (χ2v) is 8.19. The zero-order valence-electron chi connectivity index (χ0n) is 20.3. The lowest BCUT2D eigenvalue weighted by Gasteiger charge is -2.05.